The Bertz CT molecular complexity index is 1120. The Balaban J connectivity index is 1.57. The molecule has 0 aliphatic heterocycles. The number of carbonyl (C=O) groups is 1. The summed E-state index contributed by atoms with van der Waals surface area (Å²) in [4.78, 5) is 28.6. The van der Waals surface area contributed by atoms with Crippen LogP contribution in [0.4, 0.5) is 0 Å². The highest BCUT2D eigenvalue weighted by Crippen LogP contribution is 2.07. The van der Waals surface area contributed by atoms with E-state index in [9.17, 15) is 9.59 Å². The molecule has 0 saturated heterocycles. The molecule has 0 saturated carbocycles. The molecule has 1 N–H and O–H groups in total. The van der Waals surface area contributed by atoms with Gasteiger partial charge in [0.25, 0.3) is 5.56 Å². The lowest BCUT2D eigenvalue weighted by Gasteiger charge is -2.08. The molecule has 9 heteroatoms. The van der Waals surface area contributed by atoms with Crippen LogP contribution in [0.2, 0.25) is 0 Å². The maximum absolute atomic E-state index is 12.5. The number of aromatic nitrogens is 6. The molecule has 4 heterocycles. The molecule has 0 unspecified atom stereocenters. The molecule has 0 radical (unpaired) electrons. The summed E-state index contributed by atoms with van der Waals surface area (Å²) >= 11 is 0. The van der Waals surface area contributed by atoms with Crippen molar-refractivity contribution in [2.24, 2.45) is 0 Å². The van der Waals surface area contributed by atoms with E-state index >= 15 is 0 Å². The van der Waals surface area contributed by atoms with Gasteiger partial charge in [-0.2, -0.15) is 5.10 Å². The van der Waals surface area contributed by atoms with Crippen LogP contribution in [-0.4, -0.2) is 35.3 Å². The second-order valence-electron chi connectivity index (χ2n) is 5.42. The molecule has 0 atom stereocenters. The first-order valence-electron chi connectivity index (χ1n) is 7.57. The number of hydrogen-bond donors (Lipinski definition) is 1. The van der Waals surface area contributed by atoms with Gasteiger partial charge in [0.15, 0.2) is 11.2 Å². The minimum atomic E-state index is -0.390. The van der Waals surface area contributed by atoms with E-state index in [0.29, 0.717) is 17.7 Å². The molecule has 1 amide bonds. The van der Waals surface area contributed by atoms with Crippen molar-refractivity contribution in [1.29, 1.82) is 0 Å². The molecule has 0 fully saturated rings. The fourth-order valence-corrected chi connectivity index (χ4v) is 2.52. The van der Waals surface area contributed by atoms with E-state index in [2.05, 4.69) is 25.6 Å². The second kappa shape index (κ2) is 6.11. The topological polar surface area (TPSA) is 107 Å². The zero-order valence-corrected chi connectivity index (χ0v) is 13.0. The molecular weight excluding hydrogens is 322 g/mol. The van der Waals surface area contributed by atoms with Gasteiger partial charge in [0.1, 0.15) is 12.1 Å². The van der Waals surface area contributed by atoms with Gasteiger partial charge >= 0.3 is 0 Å². The summed E-state index contributed by atoms with van der Waals surface area (Å²) in [5.74, 6) is -0.279. The molecule has 124 valence electrons. The molecule has 0 aliphatic rings. The SMILES string of the molecule is O=C(Cn1ccc2c(nnc3ccnn32)c1=O)NCc1cccnc1. The second-order valence-corrected chi connectivity index (χ2v) is 5.42. The van der Waals surface area contributed by atoms with Crippen LogP contribution in [0.5, 0.6) is 0 Å². The molecule has 4 aromatic rings. The monoisotopic (exact) mass is 335 g/mol. The highest BCUT2D eigenvalue weighted by molar-refractivity contribution is 5.77. The van der Waals surface area contributed by atoms with Crippen molar-refractivity contribution < 1.29 is 4.79 Å². The molecule has 0 spiro atoms. The third-order valence-electron chi connectivity index (χ3n) is 3.75. The van der Waals surface area contributed by atoms with Crippen molar-refractivity contribution in [3.63, 3.8) is 0 Å². The van der Waals surface area contributed by atoms with Crippen LogP contribution in [0.25, 0.3) is 16.7 Å². The number of nitrogens with one attached hydrogen (secondary N) is 1. The van der Waals surface area contributed by atoms with Crippen LogP contribution >= 0.6 is 0 Å². The van der Waals surface area contributed by atoms with Crippen molar-refractivity contribution >= 4 is 22.6 Å². The summed E-state index contributed by atoms with van der Waals surface area (Å²) in [6.45, 7) is 0.247. The minimum Gasteiger partial charge on any atom is -0.350 e. The number of fused-ring (bicyclic) bond motifs is 3. The normalized spacial score (nSPS) is 11.0. The zero-order valence-electron chi connectivity index (χ0n) is 13.0. The number of amides is 1. The van der Waals surface area contributed by atoms with Crippen molar-refractivity contribution in [2.45, 2.75) is 13.1 Å². The van der Waals surface area contributed by atoms with Crippen LogP contribution in [0, 0.1) is 0 Å². The third kappa shape index (κ3) is 2.82. The lowest BCUT2D eigenvalue weighted by Crippen LogP contribution is -2.32. The van der Waals surface area contributed by atoms with Crippen molar-refractivity contribution in [2.75, 3.05) is 0 Å². The molecule has 9 nitrogen and oxygen atoms in total. The smallest absolute Gasteiger partial charge is 0.281 e. The van der Waals surface area contributed by atoms with Gasteiger partial charge in [0.2, 0.25) is 5.91 Å². The van der Waals surface area contributed by atoms with E-state index in [1.165, 1.54) is 9.08 Å². The third-order valence-corrected chi connectivity index (χ3v) is 3.75. The molecule has 4 aromatic heterocycles. The summed E-state index contributed by atoms with van der Waals surface area (Å²) in [6, 6.07) is 7.05. The summed E-state index contributed by atoms with van der Waals surface area (Å²) in [7, 11) is 0. The average Bonchev–Trinajstić information content (AvgIpc) is 3.12. The van der Waals surface area contributed by atoms with Gasteiger partial charge in [-0.3, -0.25) is 14.6 Å². The molecule has 0 bridgehead atoms. The number of nitrogens with zero attached hydrogens (tertiary/aromatic N) is 6. The van der Waals surface area contributed by atoms with Crippen LogP contribution in [0.1, 0.15) is 5.56 Å². The largest absolute Gasteiger partial charge is 0.350 e. The predicted molar refractivity (Wildman–Crippen MR) is 88.6 cm³/mol. The lowest BCUT2D eigenvalue weighted by molar-refractivity contribution is -0.121. The number of pyridine rings is 2. The molecule has 0 aliphatic carbocycles. The molecule has 25 heavy (non-hydrogen) atoms. The average molecular weight is 335 g/mol. The first-order chi connectivity index (χ1) is 12.2. The summed E-state index contributed by atoms with van der Waals surface area (Å²) < 4.78 is 2.83. The highest BCUT2D eigenvalue weighted by Gasteiger charge is 2.11. The van der Waals surface area contributed by atoms with Gasteiger partial charge in [0, 0.05) is 31.2 Å². The van der Waals surface area contributed by atoms with Crippen LogP contribution in [0.3, 0.4) is 0 Å². The standard InChI is InChI=1S/C16H13N7O2/c24-14(18-9-11-2-1-5-17-8-11)10-22-7-4-12-15(16(22)25)21-20-13-3-6-19-23(12)13/h1-8H,9-10H2,(H,18,24). The van der Waals surface area contributed by atoms with Crippen LogP contribution in [0.15, 0.2) is 53.8 Å². The van der Waals surface area contributed by atoms with Crippen molar-refractivity contribution in [1.82, 2.24) is 34.7 Å². The van der Waals surface area contributed by atoms with Gasteiger partial charge in [-0.05, 0) is 17.7 Å². The Kier molecular flexibility index (Phi) is 3.65. The van der Waals surface area contributed by atoms with E-state index in [1.807, 2.05) is 6.07 Å². The summed E-state index contributed by atoms with van der Waals surface area (Å²) in [6.07, 6.45) is 6.48. The predicted octanol–water partition coefficient (Wildman–Crippen LogP) is 0.151. The fraction of sp³-hybridized carbons (Fsp3) is 0.125. The number of carbonyl (C=O) groups excluding carboxylic acids is 1. The van der Waals surface area contributed by atoms with Crippen LogP contribution in [-0.2, 0) is 17.9 Å². The van der Waals surface area contributed by atoms with E-state index in [0.717, 1.165) is 5.56 Å². The first kappa shape index (κ1) is 14.9. The Morgan fingerprint density at radius 2 is 2.08 bits per heavy atom. The van der Waals surface area contributed by atoms with Gasteiger partial charge in [0.05, 0.1) is 6.20 Å². The van der Waals surface area contributed by atoms with Gasteiger partial charge in [-0.1, -0.05) is 6.07 Å². The number of hydrogen-bond acceptors (Lipinski definition) is 6. The first-order valence-corrected chi connectivity index (χ1v) is 7.57. The summed E-state index contributed by atoms with van der Waals surface area (Å²) in [5, 5.41) is 14.8. The quantitative estimate of drug-likeness (QED) is 0.569. The molecule has 0 aromatic carbocycles. The minimum absolute atomic E-state index is 0.103. The van der Waals surface area contributed by atoms with Gasteiger partial charge in [-0.25, -0.2) is 4.52 Å². The zero-order chi connectivity index (χ0) is 17.2. The van der Waals surface area contributed by atoms with E-state index < -0.39 is 0 Å². The number of rotatable bonds is 4. The van der Waals surface area contributed by atoms with E-state index in [4.69, 9.17) is 0 Å². The van der Waals surface area contributed by atoms with E-state index in [-0.39, 0.29) is 23.5 Å². The Labute approximate surface area is 141 Å². The lowest BCUT2D eigenvalue weighted by atomic mass is 10.3. The Morgan fingerprint density at radius 3 is 2.92 bits per heavy atom. The Morgan fingerprint density at radius 1 is 1.16 bits per heavy atom. The van der Waals surface area contributed by atoms with Crippen molar-refractivity contribution in [3.8, 4) is 0 Å². The molecule has 4 rings (SSSR count). The molecular formula is C16H13N7O2. The fourth-order valence-electron chi connectivity index (χ4n) is 2.52. The van der Waals surface area contributed by atoms with Crippen LogP contribution < -0.4 is 10.9 Å². The van der Waals surface area contributed by atoms with Crippen molar-refractivity contribution in [3.05, 3.63) is 65.0 Å². The van der Waals surface area contributed by atoms with Gasteiger partial charge < -0.3 is 9.88 Å². The maximum Gasteiger partial charge on any atom is 0.281 e. The summed E-state index contributed by atoms with van der Waals surface area (Å²) in [5.41, 5.74) is 1.76. The maximum atomic E-state index is 12.5. The Hall–Kier alpha value is -3.62. The van der Waals surface area contributed by atoms with E-state index in [1.54, 1.807) is 43.0 Å². The van der Waals surface area contributed by atoms with Gasteiger partial charge in [-0.15, -0.1) is 10.2 Å². The highest BCUT2D eigenvalue weighted by atomic mass is 16.2.